The van der Waals surface area contributed by atoms with Crippen LogP contribution in [0.1, 0.15) is 4.88 Å². The maximum Gasteiger partial charge on any atom is 0.265 e. The summed E-state index contributed by atoms with van der Waals surface area (Å²) in [5.41, 5.74) is 0. The third-order valence-corrected chi connectivity index (χ3v) is 4.24. The van der Waals surface area contributed by atoms with Crippen LogP contribution >= 0.6 is 11.3 Å². The number of nitrogens with one attached hydrogen (secondary N) is 1. The number of aliphatic hydroxyl groups excluding tert-OH is 1. The number of aliphatic hydroxyl groups is 1. The quantitative estimate of drug-likeness (QED) is 0.813. The molecule has 2 rings (SSSR count). The first-order valence-corrected chi connectivity index (χ1v) is 7.40. The number of pyridine rings is 1. The summed E-state index contributed by atoms with van der Waals surface area (Å²) in [5.74, 6) is 5.11. The van der Waals surface area contributed by atoms with E-state index >= 15 is 0 Å². The molecule has 2 aromatic rings. The van der Waals surface area contributed by atoms with Crippen molar-refractivity contribution in [3.63, 3.8) is 0 Å². The van der Waals surface area contributed by atoms with Gasteiger partial charge >= 0.3 is 0 Å². The molecule has 0 spiro atoms. The van der Waals surface area contributed by atoms with Crippen molar-refractivity contribution in [2.24, 2.45) is 0 Å². The molecule has 0 saturated carbocycles. The molecule has 0 bridgehead atoms. The number of thiazole rings is 1. The van der Waals surface area contributed by atoms with Crippen LogP contribution in [0.4, 0.5) is 5.13 Å². The van der Waals surface area contributed by atoms with Gasteiger partial charge in [0.2, 0.25) is 0 Å². The van der Waals surface area contributed by atoms with Gasteiger partial charge in [-0.25, -0.2) is 13.4 Å². The molecule has 0 fully saturated rings. The van der Waals surface area contributed by atoms with Gasteiger partial charge in [-0.05, 0) is 12.1 Å². The predicted octanol–water partition coefficient (Wildman–Crippen LogP) is 0.683. The molecular weight excluding hydrogens is 286 g/mol. The van der Waals surface area contributed by atoms with E-state index in [4.69, 9.17) is 5.11 Å². The number of hydrogen-bond donors (Lipinski definition) is 2. The molecule has 2 N–H and O–H groups in total. The maximum atomic E-state index is 12.0. The molecule has 98 valence electrons. The number of anilines is 1. The van der Waals surface area contributed by atoms with Gasteiger partial charge < -0.3 is 5.11 Å². The van der Waals surface area contributed by atoms with E-state index in [0.717, 1.165) is 11.3 Å². The molecule has 8 heteroatoms. The smallest absolute Gasteiger partial charge is 0.265 e. The fourth-order valence-electron chi connectivity index (χ4n) is 1.19. The molecule has 19 heavy (non-hydrogen) atoms. The van der Waals surface area contributed by atoms with Crippen molar-refractivity contribution in [2.75, 3.05) is 11.3 Å². The van der Waals surface area contributed by atoms with Gasteiger partial charge in [-0.15, -0.1) is 0 Å². The standard InChI is InChI=1S/C11H9N3O3S2/c15-6-2-3-9-7-13-11(18-9)14-19(16,17)10-4-1-5-12-8-10/h1,4-5,7-8,15H,6H2,(H,13,14). The Bertz CT molecular complexity index is 714. The monoisotopic (exact) mass is 295 g/mol. The average Bonchev–Trinajstić information content (AvgIpc) is 2.84. The van der Waals surface area contributed by atoms with Crippen molar-refractivity contribution in [3.05, 3.63) is 35.6 Å². The SMILES string of the molecule is O=S(=O)(Nc1ncc(C#CCO)s1)c1cccnc1. The van der Waals surface area contributed by atoms with E-state index in [9.17, 15) is 8.42 Å². The maximum absolute atomic E-state index is 12.0. The van der Waals surface area contributed by atoms with Crippen molar-refractivity contribution in [2.45, 2.75) is 4.90 Å². The highest BCUT2D eigenvalue weighted by molar-refractivity contribution is 7.93. The lowest BCUT2D eigenvalue weighted by Gasteiger charge is -2.03. The predicted molar refractivity (Wildman–Crippen MR) is 71.1 cm³/mol. The summed E-state index contributed by atoms with van der Waals surface area (Å²) in [4.78, 5) is 8.29. The Morgan fingerprint density at radius 1 is 1.42 bits per heavy atom. The van der Waals surface area contributed by atoms with Gasteiger partial charge in [0.1, 0.15) is 11.5 Å². The molecule has 0 aliphatic carbocycles. The molecule has 0 aromatic carbocycles. The highest BCUT2D eigenvalue weighted by Crippen LogP contribution is 2.20. The Balaban J connectivity index is 2.19. The lowest BCUT2D eigenvalue weighted by Crippen LogP contribution is -2.12. The second-order valence-electron chi connectivity index (χ2n) is 3.28. The average molecular weight is 295 g/mol. The Kier molecular flexibility index (Phi) is 4.11. The van der Waals surface area contributed by atoms with Gasteiger partial charge in [0.25, 0.3) is 10.0 Å². The second-order valence-corrected chi connectivity index (χ2v) is 6.00. The van der Waals surface area contributed by atoms with Crippen molar-refractivity contribution in [3.8, 4) is 11.8 Å². The normalized spacial score (nSPS) is 10.6. The van der Waals surface area contributed by atoms with Crippen LogP contribution < -0.4 is 4.72 Å². The first kappa shape index (κ1) is 13.5. The number of rotatable bonds is 3. The second kappa shape index (κ2) is 5.79. The summed E-state index contributed by atoms with van der Waals surface area (Å²) in [5, 5.41) is 8.78. The van der Waals surface area contributed by atoms with E-state index in [-0.39, 0.29) is 16.6 Å². The van der Waals surface area contributed by atoms with Crippen molar-refractivity contribution in [1.82, 2.24) is 9.97 Å². The van der Waals surface area contributed by atoms with Crippen LogP contribution in [0, 0.1) is 11.8 Å². The summed E-state index contributed by atoms with van der Waals surface area (Å²) < 4.78 is 26.3. The van der Waals surface area contributed by atoms with Gasteiger partial charge in [-0.3, -0.25) is 9.71 Å². The van der Waals surface area contributed by atoms with E-state index in [1.165, 1.54) is 30.7 Å². The zero-order chi connectivity index (χ0) is 13.7. The molecule has 0 saturated heterocycles. The molecule has 2 heterocycles. The number of nitrogens with zero attached hydrogens (tertiary/aromatic N) is 2. The summed E-state index contributed by atoms with van der Waals surface area (Å²) in [6.45, 7) is -0.255. The van der Waals surface area contributed by atoms with Crippen molar-refractivity contribution < 1.29 is 13.5 Å². The molecule has 0 atom stereocenters. The van der Waals surface area contributed by atoms with Crippen LogP contribution in [0.5, 0.6) is 0 Å². The summed E-state index contributed by atoms with van der Waals surface area (Å²) in [7, 11) is -3.68. The fraction of sp³-hybridized carbons (Fsp3) is 0.0909. The van der Waals surface area contributed by atoms with Crippen LogP contribution in [-0.2, 0) is 10.0 Å². The van der Waals surface area contributed by atoms with Crippen molar-refractivity contribution >= 4 is 26.5 Å². The van der Waals surface area contributed by atoms with Crippen LogP contribution in [0.25, 0.3) is 0 Å². The zero-order valence-electron chi connectivity index (χ0n) is 9.57. The van der Waals surface area contributed by atoms with Crippen LogP contribution in [0.3, 0.4) is 0 Å². The Labute approximate surface area is 114 Å². The largest absolute Gasteiger partial charge is 0.384 e. The Hall–Kier alpha value is -1.95. The minimum atomic E-state index is -3.68. The lowest BCUT2D eigenvalue weighted by molar-refractivity contribution is 0.350. The first-order chi connectivity index (χ1) is 9.12. The fourth-order valence-corrected chi connectivity index (χ4v) is 3.08. The summed E-state index contributed by atoms with van der Waals surface area (Å²) in [6, 6.07) is 2.98. The van der Waals surface area contributed by atoms with Gasteiger partial charge in [-0.2, -0.15) is 0 Å². The van der Waals surface area contributed by atoms with Gasteiger partial charge in [0.05, 0.1) is 11.1 Å². The molecule has 2 aromatic heterocycles. The molecule has 0 radical (unpaired) electrons. The number of aromatic nitrogens is 2. The molecule has 0 amide bonds. The first-order valence-electron chi connectivity index (χ1n) is 5.10. The van der Waals surface area contributed by atoms with Crippen LogP contribution in [0.15, 0.2) is 35.6 Å². The minimum absolute atomic E-state index is 0.0631. The number of hydrogen-bond acceptors (Lipinski definition) is 6. The highest BCUT2D eigenvalue weighted by Gasteiger charge is 2.15. The third-order valence-electron chi connectivity index (χ3n) is 1.96. The molecule has 6 nitrogen and oxygen atoms in total. The Morgan fingerprint density at radius 3 is 2.95 bits per heavy atom. The lowest BCUT2D eigenvalue weighted by atomic mass is 10.5. The Morgan fingerprint density at radius 2 is 2.26 bits per heavy atom. The summed E-state index contributed by atoms with van der Waals surface area (Å²) in [6.07, 6.45) is 4.18. The van der Waals surface area contributed by atoms with Crippen LogP contribution in [-0.4, -0.2) is 30.1 Å². The minimum Gasteiger partial charge on any atom is -0.384 e. The topological polar surface area (TPSA) is 92.2 Å². The van der Waals surface area contributed by atoms with E-state index in [1.54, 1.807) is 0 Å². The van der Waals surface area contributed by atoms with E-state index < -0.39 is 10.0 Å². The van der Waals surface area contributed by atoms with E-state index in [1.807, 2.05) is 0 Å². The zero-order valence-corrected chi connectivity index (χ0v) is 11.2. The molecule has 0 aliphatic heterocycles. The highest BCUT2D eigenvalue weighted by atomic mass is 32.2. The van der Waals surface area contributed by atoms with Gasteiger partial charge in [0, 0.05) is 12.4 Å². The van der Waals surface area contributed by atoms with Gasteiger partial charge in [-0.1, -0.05) is 23.2 Å². The van der Waals surface area contributed by atoms with Crippen molar-refractivity contribution in [1.29, 1.82) is 0 Å². The number of sulfonamides is 1. The molecule has 0 unspecified atom stereocenters. The van der Waals surface area contributed by atoms with Crippen LogP contribution in [0.2, 0.25) is 0 Å². The summed E-state index contributed by atoms with van der Waals surface area (Å²) >= 11 is 1.09. The molecule has 0 aliphatic rings. The molecular formula is C11H9N3O3S2. The van der Waals surface area contributed by atoms with Gasteiger partial charge in [0.15, 0.2) is 5.13 Å². The van der Waals surface area contributed by atoms with E-state index in [2.05, 4.69) is 26.5 Å². The van der Waals surface area contributed by atoms with E-state index in [0.29, 0.717) is 4.88 Å². The third kappa shape index (κ3) is 3.51.